The molecule has 1 N–H and O–H groups in total. The Morgan fingerprint density at radius 1 is 1.00 bits per heavy atom. The predicted octanol–water partition coefficient (Wildman–Crippen LogP) is 4.60. The molecular formula is C21H29NO3. The molecule has 25 heavy (non-hydrogen) atoms. The van der Waals surface area contributed by atoms with Crippen molar-refractivity contribution in [1.82, 2.24) is 0 Å². The van der Waals surface area contributed by atoms with Crippen molar-refractivity contribution in [1.29, 1.82) is 0 Å². The van der Waals surface area contributed by atoms with Gasteiger partial charge >= 0.3 is 0 Å². The van der Waals surface area contributed by atoms with E-state index in [1.54, 1.807) is 0 Å². The molecule has 0 aliphatic carbocycles. The number of anilines is 1. The molecule has 0 saturated heterocycles. The highest BCUT2D eigenvalue weighted by atomic mass is 16.5. The fourth-order valence-electron chi connectivity index (χ4n) is 2.55. The molecule has 0 spiro atoms. The summed E-state index contributed by atoms with van der Waals surface area (Å²) in [5.74, 6) is 1.82. The fourth-order valence-corrected chi connectivity index (χ4v) is 2.55. The molecule has 0 radical (unpaired) electrons. The van der Waals surface area contributed by atoms with Crippen LogP contribution < -0.4 is 14.8 Å². The van der Waals surface area contributed by atoms with Crippen molar-refractivity contribution in [2.45, 2.75) is 33.8 Å². The summed E-state index contributed by atoms with van der Waals surface area (Å²) in [6, 6.07) is 14.2. The number of benzene rings is 2. The van der Waals surface area contributed by atoms with Crippen LogP contribution in [-0.2, 0) is 4.74 Å². The maximum Gasteiger partial charge on any atom is 0.125 e. The first-order chi connectivity index (χ1) is 12.1. The van der Waals surface area contributed by atoms with Crippen LogP contribution in [0.3, 0.4) is 0 Å². The Hall–Kier alpha value is -2.20. The van der Waals surface area contributed by atoms with Crippen LogP contribution in [-0.4, -0.2) is 32.5 Å². The smallest absolute Gasteiger partial charge is 0.125 e. The molecule has 0 fully saturated rings. The molecule has 4 heteroatoms. The minimum absolute atomic E-state index is 0.0577. The van der Waals surface area contributed by atoms with Crippen LogP contribution in [0, 0.1) is 13.8 Å². The van der Waals surface area contributed by atoms with Gasteiger partial charge in [0, 0.05) is 18.4 Å². The molecule has 136 valence electrons. The fraction of sp³-hybridized carbons (Fsp3) is 0.429. The van der Waals surface area contributed by atoms with E-state index in [2.05, 4.69) is 44.3 Å². The summed E-state index contributed by atoms with van der Waals surface area (Å²) >= 11 is 0. The molecule has 0 bridgehead atoms. The number of rotatable bonds is 10. The Balaban J connectivity index is 1.84. The number of hydrogen-bond acceptors (Lipinski definition) is 4. The van der Waals surface area contributed by atoms with Gasteiger partial charge in [-0.15, -0.1) is 0 Å². The molecule has 0 aliphatic rings. The molecule has 0 amide bonds. The van der Waals surface area contributed by atoms with Crippen LogP contribution in [0.2, 0.25) is 0 Å². The van der Waals surface area contributed by atoms with Crippen molar-refractivity contribution in [2.24, 2.45) is 0 Å². The Morgan fingerprint density at radius 3 is 2.44 bits per heavy atom. The number of para-hydroxylation sites is 1. The highest BCUT2D eigenvalue weighted by molar-refractivity contribution is 5.48. The van der Waals surface area contributed by atoms with E-state index < -0.39 is 0 Å². The van der Waals surface area contributed by atoms with Crippen molar-refractivity contribution in [2.75, 3.05) is 31.7 Å². The summed E-state index contributed by atoms with van der Waals surface area (Å²) in [6.07, 6.45) is 0.0577. The maximum absolute atomic E-state index is 6.11. The number of nitrogens with one attached hydrogen (secondary N) is 1. The van der Waals surface area contributed by atoms with Gasteiger partial charge in [0.25, 0.3) is 0 Å². The zero-order valence-corrected chi connectivity index (χ0v) is 15.7. The zero-order valence-electron chi connectivity index (χ0n) is 15.7. The number of ether oxygens (including phenoxy) is 3. The second-order valence-electron chi connectivity index (χ2n) is 6.10. The van der Waals surface area contributed by atoms with Gasteiger partial charge in [0.1, 0.15) is 24.2 Å². The summed E-state index contributed by atoms with van der Waals surface area (Å²) in [6.45, 7) is 10.8. The molecule has 0 saturated carbocycles. The highest BCUT2D eigenvalue weighted by Gasteiger charge is 2.09. The van der Waals surface area contributed by atoms with E-state index in [9.17, 15) is 0 Å². The summed E-state index contributed by atoms with van der Waals surface area (Å²) in [4.78, 5) is 0. The van der Waals surface area contributed by atoms with Crippen LogP contribution in [0.25, 0.3) is 0 Å². The van der Waals surface area contributed by atoms with E-state index >= 15 is 0 Å². The third-order valence-electron chi connectivity index (χ3n) is 3.86. The van der Waals surface area contributed by atoms with E-state index in [0.29, 0.717) is 19.8 Å². The van der Waals surface area contributed by atoms with Gasteiger partial charge in [0.05, 0.1) is 13.2 Å². The highest BCUT2D eigenvalue weighted by Crippen LogP contribution is 2.24. The van der Waals surface area contributed by atoms with Gasteiger partial charge in [-0.25, -0.2) is 0 Å². The van der Waals surface area contributed by atoms with Crippen molar-refractivity contribution in [3.63, 3.8) is 0 Å². The first-order valence-electron chi connectivity index (χ1n) is 8.87. The predicted molar refractivity (Wildman–Crippen MR) is 103 cm³/mol. The molecule has 2 rings (SSSR count). The normalized spacial score (nSPS) is 11.8. The van der Waals surface area contributed by atoms with Gasteiger partial charge in [0.2, 0.25) is 0 Å². The Bertz CT molecular complexity index is 637. The molecule has 4 nitrogen and oxygen atoms in total. The molecule has 1 unspecified atom stereocenters. The molecule has 2 aromatic rings. The van der Waals surface area contributed by atoms with Crippen LogP contribution in [0.15, 0.2) is 42.5 Å². The lowest BCUT2D eigenvalue weighted by Crippen LogP contribution is -2.23. The average Bonchev–Trinajstić information content (AvgIpc) is 2.61. The second kappa shape index (κ2) is 9.94. The van der Waals surface area contributed by atoms with Gasteiger partial charge in [-0.05, 0) is 51.0 Å². The van der Waals surface area contributed by atoms with Gasteiger partial charge in [-0.3, -0.25) is 0 Å². The first-order valence-corrected chi connectivity index (χ1v) is 8.87. The quantitative estimate of drug-likeness (QED) is 0.640. The molecular weight excluding hydrogens is 314 g/mol. The topological polar surface area (TPSA) is 39.7 Å². The third-order valence-corrected chi connectivity index (χ3v) is 3.86. The van der Waals surface area contributed by atoms with Crippen LogP contribution in [0.4, 0.5) is 5.69 Å². The van der Waals surface area contributed by atoms with Crippen LogP contribution in [0.5, 0.6) is 11.5 Å². The maximum atomic E-state index is 6.11. The summed E-state index contributed by atoms with van der Waals surface area (Å²) in [5.41, 5.74) is 3.35. The van der Waals surface area contributed by atoms with Crippen molar-refractivity contribution in [3.8, 4) is 11.5 Å². The standard InChI is InChI=1S/C21H29NO3/c1-5-23-12-13-24-20-11-7-10-19(14-20)22-15-18(4)25-21-16(2)8-6-9-17(21)3/h6-11,14,18,22H,5,12-13,15H2,1-4H3. The number of aryl methyl sites for hydroxylation is 2. The monoisotopic (exact) mass is 343 g/mol. The lowest BCUT2D eigenvalue weighted by Gasteiger charge is -2.19. The van der Waals surface area contributed by atoms with E-state index in [-0.39, 0.29) is 6.10 Å². The van der Waals surface area contributed by atoms with Gasteiger partial charge in [-0.1, -0.05) is 24.3 Å². The summed E-state index contributed by atoms with van der Waals surface area (Å²) < 4.78 is 17.1. The minimum atomic E-state index is 0.0577. The number of hydrogen-bond donors (Lipinski definition) is 1. The van der Waals surface area contributed by atoms with E-state index in [0.717, 1.165) is 34.9 Å². The summed E-state index contributed by atoms with van der Waals surface area (Å²) in [7, 11) is 0. The molecule has 0 aliphatic heterocycles. The van der Waals surface area contributed by atoms with E-state index in [1.807, 2.05) is 31.2 Å². The lowest BCUT2D eigenvalue weighted by molar-refractivity contribution is 0.110. The lowest BCUT2D eigenvalue weighted by atomic mass is 10.1. The van der Waals surface area contributed by atoms with E-state index in [4.69, 9.17) is 14.2 Å². The molecule has 0 heterocycles. The SMILES string of the molecule is CCOCCOc1cccc(NCC(C)Oc2c(C)cccc2C)c1. The van der Waals surface area contributed by atoms with Crippen molar-refractivity contribution < 1.29 is 14.2 Å². The average molecular weight is 343 g/mol. The molecule has 2 aromatic carbocycles. The van der Waals surface area contributed by atoms with Crippen LogP contribution >= 0.6 is 0 Å². The van der Waals surface area contributed by atoms with E-state index in [1.165, 1.54) is 0 Å². The van der Waals surface area contributed by atoms with Gasteiger partial charge in [-0.2, -0.15) is 0 Å². The largest absolute Gasteiger partial charge is 0.491 e. The van der Waals surface area contributed by atoms with Crippen LogP contribution in [0.1, 0.15) is 25.0 Å². The minimum Gasteiger partial charge on any atom is -0.491 e. The first kappa shape index (κ1) is 19.1. The molecule has 1 atom stereocenters. The Labute approximate surface area is 151 Å². The zero-order chi connectivity index (χ0) is 18.1. The van der Waals surface area contributed by atoms with Crippen molar-refractivity contribution >= 4 is 5.69 Å². The van der Waals surface area contributed by atoms with Gasteiger partial charge in [0.15, 0.2) is 0 Å². The molecule has 0 aromatic heterocycles. The Morgan fingerprint density at radius 2 is 1.72 bits per heavy atom. The van der Waals surface area contributed by atoms with Gasteiger partial charge < -0.3 is 19.5 Å². The second-order valence-corrected chi connectivity index (χ2v) is 6.10. The van der Waals surface area contributed by atoms with Crippen molar-refractivity contribution in [3.05, 3.63) is 53.6 Å². The Kier molecular flexibility index (Phi) is 7.61. The third kappa shape index (κ3) is 6.31. The summed E-state index contributed by atoms with van der Waals surface area (Å²) in [5, 5.41) is 3.41.